The molecule has 3 rings (SSSR count). The van der Waals surface area contributed by atoms with Crippen molar-refractivity contribution in [2.45, 2.75) is 26.2 Å². The van der Waals surface area contributed by atoms with Crippen LogP contribution in [0.3, 0.4) is 0 Å². The third-order valence-electron chi connectivity index (χ3n) is 4.97. The van der Waals surface area contributed by atoms with Crippen LogP contribution in [0.5, 0.6) is 0 Å². The van der Waals surface area contributed by atoms with Crippen LogP contribution in [0.15, 0.2) is 36.4 Å². The van der Waals surface area contributed by atoms with E-state index in [9.17, 15) is 23.2 Å². The van der Waals surface area contributed by atoms with Crippen LogP contribution in [-0.2, 0) is 4.79 Å². The van der Waals surface area contributed by atoms with Crippen LogP contribution >= 0.6 is 0 Å². The molecule has 6 nitrogen and oxygen atoms in total. The molecule has 1 heterocycles. The Morgan fingerprint density at radius 3 is 2.47 bits per heavy atom. The third kappa shape index (κ3) is 5.00. The first kappa shape index (κ1) is 21.4. The van der Waals surface area contributed by atoms with Crippen molar-refractivity contribution >= 4 is 23.4 Å². The van der Waals surface area contributed by atoms with Crippen molar-refractivity contribution in [2.24, 2.45) is 0 Å². The monoisotopic (exact) mass is 415 g/mol. The number of likely N-dealkylation sites (tertiary alicyclic amines) is 1. The van der Waals surface area contributed by atoms with Crippen LogP contribution in [0, 0.1) is 18.6 Å². The van der Waals surface area contributed by atoms with Gasteiger partial charge in [-0.1, -0.05) is 12.1 Å². The summed E-state index contributed by atoms with van der Waals surface area (Å²) in [5, 5.41) is 5.19. The Morgan fingerprint density at radius 2 is 1.77 bits per heavy atom. The Balaban J connectivity index is 1.59. The lowest BCUT2D eigenvalue weighted by atomic mass is 10.1. The lowest BCUT2D eigenvalue weighted by Crippen LogP contribution is -2.30. The number of carbonyl (C=O) groups is 3. The van der Waals surface area contributed by atoms with Crippen LogP contribution in [0.1, 0.15) is 45.5 Å². The number of benzene rings is 2. The molecule has 2 aromatic rings. The quantitative estimate of drug-likeness (QED) is 0.760. The van der Waals surface area contributed by atoms with Gasteiger partial charge < -0.3 is 15.5 Å². The maximum Gasteiger partial charge on any atom is 0.255 e. The van der Waals surface area contributed by atoms with Gasteiger partial charge in [0.1, 0.15) is 11.6 Å². The summed E-state index contributed by atoms with van der Waals surface area (Å²) in [5.41, 5.74) is 1.35. The second-order valence-electron chi connectivity index (χ2n) is 7.18. The standard InChI is InChI=1S/C22H23F2N3O3/c1-14-5-4-6-17(22(30)27-11-2-3-12-27)20(14)26-19(28)9-10-25-21(29)16-8-7-15(23)13-18(16)24/h4-8,13H,2-3,9-12H2,1H3,(H,25,29)(H,26,28). The van der Waals surface area contributed by atoms with E-state index in [1.165, 1.54) is 0 Å². The summed E-state index contributed by atoms with van der Waals surface area (Å²) in [7, 11) is 0. The summed E-state index contributed by atoms with van der Waals surface area (Å²) < 4.78 is 26.6. The van der Waals surface area contributed by atoms with Crippen LogP contribution in [0.2, 0.25) is 0 Å². The predicted molar refractivity (Wildman–Crippen MR) is 108 cm³/mol. The summed E-state index contributed by atoms with van der Waals surface area (Å²) in [6.07, 6.45) is 1.86. The van der Waals surface area contributed by atoms with Crippen LogP contribution in [0.4, 0.5) is 14.5 Å². The first-order chi connectivity index (χ1) is 14.4. The number of hydrogen-bond donors (Lipinski definition) is 2. The average molecular weight is 415 g/mol. The number of anilines is 1. The number of carbonyl (C=O) groups excluding carboxylic acids is 3. The van der Waals surface area contributed by atoms with E-state index in [2.05, 4.69) is 10.6 Å². The maximum atomic E-state index is 13.7. The van der Waals surface area contributed by atoms with Gasteiger partial charge in [-0.2, -0.15) is 0 Å². The molecule has 1 fully saturated rings. The Bertz CT molecular complexity index is 972. The summed E-state index contributed by atoms with van der Waals surface area (Å²) in [4.78, 5) is 38.9. The van der Waals surface area contributed by atoms with E-state index in [-0.39, 0.29) is 30.3 Å². The SMILES string of the molecule is Cc1cccc(C(=O)N2CCCC2)c1NC(=O)CCNC(=O)c1ccc(F)cc1F. The molecule has 0 radical (unpaired) electrons. The van der Waals surface area contributed by atoms with Gasteiger partial charge in [-0.3, -0.25) is 14.4 Å². The van der Waals surface area contributed by atoms with E-state index in [0.29, 0.717) is 30.4 Å². The van der Waals surface area contributed by atoms with Crippen molar-refractivity contribution in [3.05, 3.63) is 64.7 Å². The highest BCUT2D eigenvalue weighted by atomic mass is 19.1. The number of nitrogens with one attached hydrogen (secondary N) is 2. The molecule has 3 amide bonds. The molecule has 0 atom stereocenters. The van der Waals surface area contributed by atoms with Gasteiger partial charge in [-0.05, 0) is 43.5 Å². The van der Waals surface area contributed by atoms with Crippen molar-refractivity contribution in [3.8, 4) is 0 Å². The number of para-hydroxylation sites is 1. The van der Waals surface area contributed by atoms with Gasteiger partial charge in [0, 0.05) is 32.1 Å². The molecule has 1 saturated heterocycles. The highest BCUT2D eigenvalue weighted by Crippen LogP contribution is 2.24. The zero-order chi connectivity index (χ0) is 21.7. The van der Waals surface area contributed by atoms with Crippen molar-refractivity contribution in [2.75, 3.05) is 25.0 Å². The molecule has 158 valence electrons. The number of nitrogens with zero attached hydrogens (tertiary/aromatic N) is 1. The van der Waals surface area contributed by atoms with Gasteiger partial charge in [0.15, 0.2) is 0 Å². The zero-order valence-corrected chi connectivity index (χ0v) is 16.6. The second kappa shape index (κ2) is 9.47. The van der Waals surface area contributed by atoms with E-state index in [1.54, 1.807) is 30.0 Å². The van der Waals surface area contributed by atoms with Crippen molar-refractivity contribution in [1.29, 1.82) is 0 Å². The summed E-state index contributed by atoms with van der Waals surface area (Å²) in [6.45, 7) is 3.16. The van der Waals surface area contributed by atoms with Gasteiger partial charge >= 0.3 is 0 Å². The first-order valence-corrected chi connectivity index (χ1v) is 9.79. The minimum atomic E-state index is -0.970. The normalized spacial score (nSPS) is 13.2. The van der Waals surface area contributed by atoms with E-state index < -0.39 is 17.5 Å². The van der Waals surface area contributed by atoms with E-state index in [1.807, 2.05) is 0 Å². The fourth-order valence-corrected chi connectivity index (χ4v) is 3.36. The first-order valence-electron chi connectivity index (χ1n) is 9.79. The minimum absolute atomic E-state index is 0.0389. The van der Waals surface area contributed by atoms with Crippen LogP contribution in [0.25, 0.3) is 0 Å². The maximum absolute atomic E-state index is 13.7. The lowest BCUT2D eigenvalue weighted by molar-refractivity contribution is -0.116. The largest absolute Gasteiger partial charge is 0.351 e. The number of rotatable bonds is 6. The van der Waals surface area contributed by atoms with E-state index in [0.717, 1.165) is 30.5 Å². The summed E-state index contributed by atoms with van der Waals surface area (Å²) in [5.74, 6) is -2.99. The Kier molecular flexibility index (Phi) is 6.76. The highest BCUT2D eigenvalue weighted by Gasteiger charge is 2.23. The molecule has 0 aliphatic carbocycles. The molecule has 0 aromatic heterocycles. The molecular formula is C22H23F2N3O3. The van der Waals surface area contributed by atoms with Gasteiger partial charge in [-0.25, -0.2) is 8.78 Å². The lowest BCUT2D eigenvalue weighted by Gasteiger charge is -2.19. The molecule has 0 saturated carbocycles. The number of halogens is 2. The van der Waals surface area contributed by atoms with Crippen LogP contribution < -0.4 is 10.6 Å². The minimum Gasteiger partial charge on any atom is -0.351 e. The molecular weight excluding hydrogens is 392 g/mol. The van der Waals surface area contributed by atoms with Gasteiger partial charge in [0.25, 0.3) is 11.8 Å². The Hall–Kier alpha value is -3.29. The molecule has 0 unspecified atom stereocenters. The topological polar surface area (TPSA) is 78.5 Å². The van der Waals surface area contributed by atoms with Gasteiger partial charge in [0.05, 0.1) is 16.8 Å². The van der Waals surface area contributed by atoms with Gasteiger partial charge in [-0.15, -0.1) is 0 Å². The fraction of sp³-hybridized carbons (Fsp3) is 0.318. The molecule has 30 heavy (non-hydrogen) atoms. The summed E-state index contributed by atoms with van der Waals surface area (Å²) in [6, 6.07) is 7.91. The Labute approximate surface area is 173 Å². The van der Waals surface area contributed by atoms with Crippen molar-refractivity contribution < 1.29 is 23.2 Å². The van der Waals surface area contributed by atoms with Crippen LogP contribution in [-0.4, -0.2) is 42.3 Å². The number of hydrogen-bond acceptors (Lipinski definition) is 3. The van der Waals surface area contributed by atoms with Crippen molar-refractivity contribution in [3.63, 3.8) is 0 Å². The molecule has 1 aliphatic rings. The van der Waals surface area contributed by atoms with E-state index in [4.69, 9.17) is 0 Å². The third-order valence-corrected chi connectivity index (χ3v) is 4.97. The number of aryl methyl sites for hydroxylation is 1. The molecule has 1 aliphatic heterocycles. The highest BCUT2D eigenvalue weighted by molar-refractivity contribution is 6.04. The molecule has 2 aromatic carbocycles. The molecule has 0 bridgehead atoms. The van der Waals surface area contributed by atoms with Gasteiger partial charge in [0.2, 0.25) is 5.91 Å². The predicted octanol–water partition coefficient (Wildman–Crippen LogP) is 3.27. The summed E-state index contributed by atoms with van der Waals surface area (Å²) >= 11 is 0. The zero-order valence-electron chi connectivity index (χ0n) is 16.6. The smallest absolute Gasteiger partial charge is 0.255 e. The molecule has 0 spiro atoms. The average Bonchev–Trinajstić information content (AvgIpc) is 3.23. The fourth-order valence-electron chi connectivity index (χ4n) is 3.36. The Morgan fingerprint density at radius 1 is 1.03 bits per heavy atom. The molecule has 2 N–H and O–H groups in total. The number of amides is 3. The van der Waals surface area contributed by atoms with E-state index >= 15 is 0 Å². The molecule has 8 heteroatoms. The van der Waals surface area contributed by atoms with Crippen molar-refractivity contribution in [1.82, 2.24) is 10.2 Å². The second-order valence-corrected chi connectivity index (χ2v) is 7.18.